The number of aromatic nitrogens is 4. The van der Waals surface area contributed by atoms with Crippen molar-refractivity contribution in [3.8, 4) is 11.5 Å². The number of amides is 2. The molecule has 180 valence electrons. The average molecular weight is 477 g/mol. The fourth-order valence-corrected chi connectivity index (χ4v) is 5.08. The highest BCUT2D eigenvalue weighted by molar-refractivity contribution is 6.04. The molecular weight excluding hydrogens is 451 g/mol. The predicted octanol–water partition coefficient (Wildman–Crippen LogP) is 2.60. The highest BCUT2D eigenvalue weighted by Crippen LogP contribution is 2.27. The number of carbonyl (C=O) groups is 2. The molecule has 0 unspecified atom stereocenters. The summed E-state index contributed by atoms with van der Waals surface area (Å²) in [5.41, 5.74) is 2.14. The number of nitrogens with one attached hydrogen (secondary N) is 1. The van der Waals surface area contributed by atoms with Gasteiger partial charge >= 0.3 is 0 Å². The number of anilines is 1. The minimum atomic E-state index is -0.589. The Labute approximate surface area is 201 Å². The van der Waals surface area contributed by atoms with Gasteiger partial charge in [0.05, 0.1) is 18.1 Å². The van der Waals surface area contributed by atoms with Crippen molar-refractivity contribution < 1.29 is 18.7 Å². The molecule has 5 heterocycles. The number of fused-ring (bicyclic) bond motifs is 2. The number of nitrogens with zero attached hydrogens (tertiary/aromatic N) is 5. The molecule has 2 aromatic heterocycles. The van der Waals surface area contributed by atoms with Crippen LogP contribution in [0.4, 0.5) is 10.2 Å². The molecule has 3 aromatic rings. The second kappa shape index (κ2) is 8.84. The van der Waals surface area contributed by atoms with Crippen molar-refractivity contribution in [1.29, 1.82) is 0 Å². The van der Waals surface area contributed by atoms with E-state index in [9.17, 15) is 14.0 Å². The zero-order valence-corrected chi connectivity index (χ0v) is 19.2. The van der Waals surface area contributed by atoms with Gasteiger partial charge in [0.1, 0.15) is 23.2 Å². The third-order valence-corrected chi connectivity index (χ3v) is 6.97. The van der Waals surface area contributed by atoms with Crippen molar-refractivity contribution in [1.82, 2.24) is 24.6 Å². The first-order valence-corrected chi connectivity index (χ1v) is 12.0. The van der Waals surface area contributed by atoms with Crippen molar-refractivity contribution in [2.75, 3.05) is 25.1 Å². The second-order valence-corrected chi connectivity index (χ2v) is 9.23. The van der Waals surface area contributed by atoms with E-state index in [0.717, 1.165) is 42.8 Å². The van der Waals surface area contributed by atoms with Gasteiger partial charge in [-0.15, -0.1) is 10.2 Å². The van der Waals surface area contributed by atoms with E-state index in [4.69, 9.17) is 4.74 Å². The Hall–Kier alpha value is -3.66. The minimum absolute atomic E-state index is 0.0597. The number of ether oxygens (including phenoxy) is 1. The number of aryl methyl sites for hydroxylation is 1. The van der Waals surface area contributed by atoms with Crippen LogP contribution in [0.2, 0.25) is 0 Å². The van der Waals surface area contributed by atoms with Crippen LogP contribution in [0.1, 0.15) is 40.2 Å². The van der Waals surface area contributed by atoms with Crippen LogP contribution in [0, 0.1) is 11.7 Å². The molecule has 35 heavy (non-hydrogen) atoms. The Morgan fingerprint density at radius 3 is 2.89 bits per heavy atom. The summed E-state index contributed by atoms with van der Waals surface area (Å²) in [4.78, 5) is 32.1. The summed E-state index contributed by atoms with van der Waals surface area (Å²) in [6.45, 7) is 2.78. The number of halogens is 1. The van der Waals surface area contributed by atoms with Crippen molar-refractivity contribution in [3.05, 3.63) is 58.7 Å². The van der Waals surface area contributed by atoms with E-state index in [2.05, 4.69) is 20.5 Å². The number of hydrogen-bond acceptors (Lipinski definition) is 6. The van der Waals surface area contributed by atoms with Gasteiger partial charge in [-0.2, -0.15) is 0 Å². The van der Waals surface area contributed by atoms with E-state index in [0.29, 0.717) is 50.1 Å². The summed E-state index contributed by atoms with van der Waals surface area (Å²) in [5.74, 6) is 0.657. The zero-order valence-electron chi connectivity index (χ0n) is 19.2. The molecule has 1 N–H and O–H groups in total. The summed E-state index contributed by atoms with van der Waals surface area (Å²) in [6, 6.07) is 8.21. The summed E-state index contributed by atoms with van der Waals surface area (Å²) < 4.78 is 22.3. The smallest absolute Gasteiger partial charge is 0.259 e. The van der Waals surface area contributed by atoms with Gasteiger partial charge in [0.25, 0.3) is 5.91 Å². The first kappa shape index (κ1) is 21.8. The fraction of sp³-hybridized carbons (Fsp3) is 0.400. The molecule has 1 saturated heterocycles. The topological polar surface area (TPSA) is 102 Å². The van der Waals surface area contributed by atoms with Crippen LogP contribution < -0.4 is 5.32 Å². The van der Waals surface area contributed by atoms with Crippen LogP contribution in [0.3, 0.4) is 0 Å². The molecule has 0 saturated carbocycles. The number of pyridine rings is 1. The van der Waals surface area contributed by atoms with E-state index in [1.807, 2.05) is 10.6 Å². The van der Waals surface area contributed by atoms with Gasteiger partial charge in [-0.25, -0.2) is 9.37 Å². The lowest BCUT2D eigenvalue weighted by atomic mass is 9.95. The predicted molar refractivity (Wildman–Crippen MR) is 124 cm³/mol. The highest BCUT2D eigenvalue weighted by atomic mass is 19.1. The van der Waals surface area contributed by atoms with Gasteiger partial charge in [0.2, 0.25) is 5.91 Å². The third kappa shape index (κ3) is 4.07. The van der Waals surface area contributed by atoms with Crippen LogP contribution >= 0.6 is 0 Å². The molecule has 1 atom stereocenters. The lowest BCUT2D eigenvalue weighted by Gasteiger charge is -2.31. The maximum Gasteiger partial charge on any atom is 0.259 e. The quantitative estimate of drug-likeness (QED) is 0.621. The Bertz CT molecular complexity index is 1320. The number of benzene rings is 1. The maximum absolute atomic E-state index is 14.9. The molecule has 0 radical (unpaired) electrons. The third-order valence-electron chi connectivity index (χ3n) is 6.97. The van der Waals surface area contributed by atoms with Crippen LogP contribution in [0.5, 0.6) is 0 Å². The van der Waals surface area contributed by atoms with Gasteiger partial charge in [-0.3, -0.25) is 9.59 Å². The van der Waals surface area contributed by atoms with Gasteiger partial charge in [-0.1, -0.05) is 6.07 Å². The monoisotopic (exact) mass is 476 g/mol. The molecule has 0 bridgehead atoms. The molecule has 0 spiro atoms. The molecule has 0 aliphatic carbocycles. The molecule has 9 nitrogen and oxygen atoms in total. The summed E-state index contributed by atoms with van der Waals surface area (Å²) in [5, 5.41) is 11.2. The van der Waals surface area contributed by atoms with Crippen molar-refractivity contribution >= 4 is 17.6 Å². The second-order valence-electron chi connectivity index (χ2n) is 9.23. The number of hydrogen-bond donors (Lipinski definition) is 1. The van der Waals surface area contributed by atoms with Crippen molar-refractivity contribution in [2.45, 2.75) is 38.8 Å². The van der Waals surface area contributed by atoms with Gasteiger partial charge in [0, 0.05) is 32.7 Å². The molecule has 3 aliphatic heterocycles. The van der Waals surface area contributed by atoms with E-state index in [1.165, 1.54) is 6.07 Å². The van der Waals surface area contributed by atoms with Crippen molar-refractivity contribution in [2.24, 2.45) is 5.92 Å². The van der Waals surface area contributed by atoms with E-state index >= 15 is 0 Å². The summed E-state index contributed by atoms with van der Waals surface area (Å²) in [6.07, 6.45) is 3.19. The lowest BCUT2D eigenvalue weighted by molar-refractivity contribution is -0.136. The Kier molecular flexibility index (Phi) is 5.52. The fourth-order valence-electron chi connectivity index (χ4n) is 5.08. The summed E-state index contributed by atoms with van der Waals surface area (Å²) in [7, 11) is 0. The van der Waals surface area contributed by atoms with Crippen LogP contribution in [0.25, 0.3) is 11.5 Å². The molecule has 2 amide bonds. The van der Waals surface area contributed by atoms with E-state index in [-0.39, 0.29) is 17.4 Å². The SMILES string of the molecule is O=C(Nc1cccc(-c2nnc3n2CCC3)n1)c1cc2c(cc1F)CCN(C(=O)[C@@H]1CCOC1)C2. The van der Waals surface area contributed by atoms with Gasteiger partial charge in [-0.05, 0) is 54.7 Å². The number of carbonyl (C=O) groups excluding carboxylic acids is 2. The summed E-state index contributed by atoms with van der Waals surface area (Å²) >= 11 is 0. The lowest BCUT2D eigenvalue weighted by Crippen LogP contribution is -2.40. The Morgan fingerprint density at radius 2 is 2.03 bits per heavy atom. The van der Waals surface area contributed by atoms with Crippen LogP contribution in [-0.4, -0.2) is 56.2 Å². The normalized spacial score (nSPS) is 18.9. The molecule has 1 fully saturated rings. The van der Waals surface area contributed by atoms with Crippen LogP contribution in [0.15, 0.2) is 30.3 Å². The minimum Gasteiger partial charge on any atom is -0.381 e. The Balaban J connectivity index is 1.21. The molecule has 1 aromatic carbocycles. The first-order valence-electron chi connectivity index (χ1n) is 12.0. The standard InChI is InChI=1S/C25H25FN6O3/c26-19-12-15-6-9-31(25(34)16-7-10-35-14-16)13-17(15)11-18(19)24(33)28-21-4-1-3-20(27-21)23-30-29-22-5-2-8-32(22)23/h1,3-4,11-12,16H,2,5-10,13-14H2,(H,27,28,33)/t16-/m1/s1. The highest BCUT2D eigenvalue weighted by Gasteiger charge is 2.31. The molecule has 10 heteroatoms. The average Bonchev–Trinajstić information content (AvgIpc) is 3.62. The molecule has 6 rings (SSSR count). The number of rotatable bonds is 4. The van der Waals surface area contributed by atoms with Gasteiger partial charge in [0.15, 0.2) is 5.82 Å². The van der Waals surface area contributed by atoms with E-state index in [1.54, 1.807) is 23.1 Å². The largest absolute Gasteiger partial charge is 0.381 e. The molecular formula is C25H25FN6O3. The first-order chi connectivity index (χ1) is 17.1. The van der Waals surface area contributed by atoms with Crippen LogP contribution in [-0.2, 0) is 35.5 Å². The molecule has 3 aliphatic rings. The van der Waals surface area contributed by atoms with Gasteiger partial charge < -0.3 is 19.5 Å². The zero-order chi connectivity index (χ0) is 23.9. The maximum atomic E-state index is 14.9. The van der Waals surface area contributed by atoms with Crippen molar-refractivity contribution in [3.63, 3.8) is 0 Å². The van der Waals surface area contributed by atoms with E-state index < -0.39 is 11.7 Å². The Morgan fingerprint density at radius 1 is 1.11 bits per heavy atom.